The average Bonchev–Trinajstić information content (AvgIpc) is 3.56. The van der Waals surface area contributed by atoms with Crippen molar-refractivity contribution in [3.8, 4) is 0 Å². The summed E-state index contributed by atoms with van der Waals surface area (Å²) in [5, 5.41) is 10.0. The molecule has 4 aromatic rings. The Bertz CT molecular complexity index is 1230. The fraction of sp³-hybridized carbons (Fsp3) is 0.143. The highest BCUT2D eigenvalue weighted by atomic mass is 32.1. The second kappa shape index (κ2) is 8.10. The maximum absolute atomic E-state index is 12.9. The fourth-order valence-electron chi connectivity index (χ4n) is 3.29. The molecule has 0 saturated carbocycles. The van der Waals surface area contributed by atoms with Crippen molar-refractivity contribution in [1.29, 1.82) is 0 Å². The minimum atomic E-state index is -0.534. The van der Waals surface area contributed by atoms with Crippen molar-refractivity contribution in [2.75, 3.05) is 6.61 Å². The van der Waals surface area contributed by atoms with Gasteiger partial charge >= 0.3 is 5.97 Å². The summed E-state index contributed by atoms with van der Waals surface area (Å²) in [7, 11) is 0. The monoisotopic (exact) mass is 453 g/mol. The van der Waals surface area contributed by atoms with Crippen LogP contribution in [0.4, 0.5) is 0 Å². The highest BCUT2D eigenvalue weighted by Gasteiger charge is 2.34. The first-order chi connectivity index (χ1) is 14.7. The molecule has 30 heavy (non-hydrogen) atoms. The van der Waals surface area contributed by atoms with Crippen LogP contribution in [0.15, 0.2) is 63.8 Å². The van der Waals surface area contributed by atoms with Gasteiger partial charge in [-0.1, -0.05) is 12.1 Å². The number of carbonyl (C=O) groups excluding carboxylic acids is 2. The quantitative estimate of drug-likeness (QED) is 0.401. The molecular weight excluding hydrogens is 438 g/mol. The zero-order valence-electron chi connectivity index (χ0n) is 15.6. The van der Waals surface area contributed by atoms with Crippen molar-refractivity contribution >= 4 is 61.8 Å². The fourth-order valence-corrected chi connectivity index (χ4v) is 5.54. The van der Waals surface area contributed by atoms with Gasteiger partial charge in [0, 0.05) is 11.3 Å². The average molecular weight is 454 g/mol. The van der Waals surface area contributed by atoms with E-state index in [1.165, 1.54) is 16.3 Å². The molecule has 1 atom stereocenters. The van der Waals surface area contributed by atoms with Crippen molar-refractivity contribution in [2.24, 2.45) is 5.10 Å². The van der Waals surface area contributed by atoms with Gasteiger partial charge in [-0.15, -0.1) is 34.0 Å². The minimum Gasteiger partial charge on any atom is -0.452 e. The van der Waals surface area contributed by atoms with Crippen LogP contribution < -0.4 is 0 Å². The third-order valence-electron chi connectivity index (χ3n) is 4.74. The lowest BCUT2D eigenvalue weighted by Crippen LogP contribution is -2.31. The van der Waals surface area contributed by atoms with E-state index in [0.29, 0.717) is 12.0 Å². The maximum atomic E-state index is 12.9. The molecule has 0 aliphatic carbocycles. The largest absolute Gasteiger partial charge is 0.452 e. The van der Waals surface area contributed by atoms with Gasteiger partial charge in [-0.3, -0.25) is 4.79 Å². The number of thiophene rings is 2. The molecule has 150 valence electrons. The number of benzene rings is 1. The molecule has 6 nitrogen and oxygen atoms in total. The van der Waals surface area contributed by atoms with Gasteiger partial charge in [0.2, 0.25) is 0 Å². The number of esters is 1. The number of thiazole rings is 1. The van der Waals surface area contributed by atoms with Gasteiger partial charge in [0.1, 0.15) is 0 Å². The Morgan fingerprint density at radius 3 is 2.77 bits per heavy atom. The molecule has 3 aromatic heterocycles. The molecule has 5 rings (SSSR count). The molecule has 1 aromatic carbocycles. The Morgan fingerprint density at radius 2 is 1.97 bits per heavy atom. The van der Waals surface area contributed by atoms with Crippen LogP contribution in [0.25, 0.3) is 10.2 Å². The normalized spacial score (nSPS) is 16.1. The van der Waals surface area contributed by atoms with E-state index in [9.17, 15) is 9.59 Å². The predicted molar refractivity (Wildman–Crippen MR) is 119 cm³/mol. The minimum absolute atomic E-state index is 0.179. The van der Waals surface area contributed by atoms with E-state index < -0.39 is 5.97 Å². The van der Waals surface area contributed by atoms with Crippen molar-refractivity contribution < 1.29 is 14.3 Å². The lowest BCUT2D eigenvalue weighted by molar-refractivity contribution is -0.136. The zero-order chi connectivity index (χ0) is 20.5. The number of fused-ring (bicyclic) bond motifs is 1. The molecule has 9 heteroatoms. The summed E-state index contributed by atoms with van der Waals surface area (Å²) < 4.78 is 6.21. The van der Waals surface area contributed by atoms with Gasteiger partial charge in [-0.25, -0.2) is 14.8 Å². The summed E-state index contributed by atoms with van der Waals surface area (Å²) in [5.74, 6) is -0.875. The Balaban J connectivity index is 1.32. The molecule has 0 radical (unpaired) electrons. The SMILES string of the molecule is O=C(OCC(=O)N1N=C(c2cccs2)C[C@H]1c1cccs1)c1ccc2ncsc2c1. The van der Waals surface area contributed by atoms with E-state index in [0.717, 1.165) is 25.7 Å². The summed E-state index contributed by atoms with van der Waals surface area (Å²) in [6.07, 6.45) is 0.642. The van der Waals surface area contributed by atoms with Crippen LogP contribution in [0.2, 0.25) is 0 Å². The van der Waals surface area contributed by atoms with E-state index in [4.69, 9.17) is 4.74 Å². The van der Waals surface area contributed by atoms with Crippen LogP contribution in [0.3, 0.4) is 0 Å². The van der Waals surface area contributed by atoms with Gasteiger partial charge in [-0.2, -0.15) is 5.10 Å². The highest BCUT2D eigenvalue weighted by Crippen LogP contribution is 2.36. The first-order valence-electron chi connectivity index (χ1n) is 9.16. The molecule has 0 bridgehead atoms. The second-order valence-electron chi connectivity index (χ2n) is 6.61. The van der Waals surface area contributed by atoms with Crippen LogP contribution >= 0.6 is 34.0 Å². The van der Waals surface area contributed by atoms with E-state index in [2.05, 4.69) is 10.1 Å². The zero-order valence-corrected chi connectivity index (χ0v) is 18.0. The Kier molecular flexibility index (Phi) is 5.16. The summed E-state index contributed by atoms with van der Waals surface area (Å²) >= 11 is 4.63. The molecule has 0 spiro atoms. The third kappa shape index (κ3) is 3.67. The van der Waals surface area contributed by atoms with E-state index in [1.54, 1.807) is 46.4 Å². The number of ether oxygens (including phenoxy) is 1. The maximum Gasteiger partial charge on any atom is 0.338 e. The molecule has 0 saturated heterocycles. The van der Waals surface area contributed by atoms with E-state index >= 15 is 0 Å². The smallest absolute Gasteiger partial charge is 0.338 e. The highest BCUT2D eigenvalue weighted by molar-refractivity contribution is 7.16. The number of nitrogens with zero attached hydrogens (tertiary/aromatic N) is 3. The number of hydrazone groups is 1. The number of hydrogen-bond donors (Lipinski definition) is 0. The van der Waals surface area contributed by atoms with Gasteiger partial charge in [0.05, 0.1) is 37.9 Å². The van der Waals surface area contributed by atoms with Crippen LogP contribution in [0.5, 0.6) is 0 Å². The first-order valence-corrected chi connectivity index (χ1v) is 11.8. The van der Waals surface area contributed by atoms with Gasteiger partial charge in [0.15, 0.2) is 6.61 Å². The predicted octanol–water partition coefficient (Wildman–Crippen LogP) is 4.95. The van der Waals surface area contributed by atoms with Crippen molar-refractivity contribution in [3.05, 3.63) is 74.1 Å². The molecule has 1 amide bonds. The summed E-state index contributed by atoms with van der Waals surface area (Å²) in [6.45, 7) is -0.358. The van der Waals surface area contributed by atoms with Gasteiger partial charge < -0.3 is 4.74 Å². The molecule has 0 unspecified atom stereocenters. The molecule has 0 N–H and O–H groups in total. The third-order valence-corrected chi connectivity index (χ3v) is 7.42. The molecular formula is C21H15N3O3S3. The van der Waals surface area contributed by atoms with Crippen molar-refractivity contribution in [3.63, 3.8) is 0 Å². The molecule has 1 aliphatic rings. The Hall–Kier alpha value is -2.88. The van der Waals surface area contributed by atoms with E-state index in [-0.39, 0.29) is 18.6 Å². The number of amides is 1. The number of hydrogen-bond acceptors (Lipinski definition) is 8. The number of rotatable bonds is 5. The lowest BCUT2D eigenvalue weighted by atomic mass is 10.1. The topological polar surface area (TPSA) is 71.9 Å². The van der Waals surface area contributed by atoms with Gasteiger partial charge in [-0.05, 0) is 41.1 Å². The number of carbonyl (C=O) groups is 2. The molecule has 1 aliphatic heterocycles. The van der Waals surface area contributed by atoms with Crippen LogP contribution in [0, 0.1) is 0 Å². The number of aromatic nitrogens is 1. The van der Waals surface area contributed by atoms with Crippen LogP contribution in [0.1, 0.15) is 32.6 Å². The van der Waals surface area contributed by atoms with Crippen molar-refractivity contribution in [2.45, 2.75) is 12.5 Å². The second-order valence-corrected chi connectivity index (χ2v) is 9.42. The summed E-state index contributed by atoms with van der Waals surface area (Å²) in [5.41, 5.74) is 3.83. The Labute approximate surface area is 184 Å². The molecule has 0 fully saturated rings. The van der Waals surface area contributed by atoms with E-state index in [1.807, 2.05) is 35.0 Å². The van der Waals surface area contributed by atoms with Crippen molar-refractivity contribution in [1.82, 2.24) is 9.99 Å². The lowest BCUT2D eigenvalue weighted by Gasteiger charge is -2.20. The van der Waals surface area contributed by atoms with Crippen LogP contribution in [-0.2, 0) is 9.53 Å². The first kappa shape index (κ1) is 19.1. The molecule has 4 heterocycles. The van der Waals surface area contributed by atoms with Gasteiger partial charge in [0.25, 0.3) is 5.91 Å². The Morgan fingerprint density at radius 1 is 1.10 bits per heavy atom. The standard InChI is InChI=1S/C21H15N3O3S3/c25-20(11-27-21(26)13-5-6-14-19(9-13)30-12-22-14)24-16(18-4-2-8-29-18)10-15(23-24)17-3-1-7-28-17/h1-9,12,16H,10-11H2/t16-/m0/s1. The summed E-state index contributed by atoms with van der Waals surface area (Å²) in [6, 6.07) is 12.9. The van der Waals surface area contributed by atoms with Crippen LogP contribution in [-0.4, -0.2) is 34.2 Å². The summed E-state index contributed by atoms with van der Waals surface area (Å²) in [4.78, 5) is 31.7.